The molecule has 19 heavy (non-hydrogen) atoms. The van der Waals surface area contributed by atoms with Crippen molar-refractivity contribution in [2.24, 2.45) is 0 Å². The van der Waals surface area contributed by atoms with Crippen molar-refractivity contribution in [1.82, 2.24) is 5.32 Å². The largest absolute Gasteiger partial charge is 0.307 e. The van der Waals surface area contributed by atoms with Crippen LogP contribution in [0, 0.1) is 5.82 Å². The molecule has 1 aromatic rings. The molecule has 1 N–H and O–H groups in total. The zero-order valence-corrected chi connectivity index (χ0v) is 12.9. The van der Waals surface area contributed by atoms with Gasteiger partial charge in [-0.05, 0) is 37.5 Å². The molecule has 0 heterocycles. The summed E-state index contributed by atoms with van der Waals surface area (Å²) in [5.41, 5.74) is 0.958. The van der Waals surface area contributed by atoms with Crippen LogP contribution in [0.2, 0.25) is 5.02 Å². The normalized spacial score (nSPS) is 14.4. The van der Waals surface area contributed by atoms with Gasteiger partial charge >= 0.3 is 0 Å². The summed E-state index contributed by atoms with van der Waals surface area (Å²) in [7, 11) is 0. The first-order valence-electron chi connectivity index (χ1n) is 7.29. The van der Waals surface area contributed by atoms with E-state index in [1.165, 1.54) is 38.2 Å². The molecular formula is C16H25ClFN. The fourth-order valence-corrected chi connectivity index (χ4v) is 2.46. The van der Waals surface area contributed by atoms with Gasteiger partial charge < -0.3 is 5.32 Å². The van der Waals surface area contributed by atoms with Crippen molar-refractivity contribution >= 4 is 11.6 Å². The highest BCUT2D eigenvalue weighted by atomic mass is 35.5. The van der Waals surface area contributed by atoms with E-state index in [0.29, 0.717) is 6.04 Å². The van der Waals surface area contributed by atoms with E-state index >= 15 is 0 Å². The number of hydrogen-bond donors (Lipinski definition) is 1. The second-order valence-corrected chi connectivity index (χ2v) is 5.60. The highest BCUT2D eigenvalue weighted by molar-refractivity contribution is 6.30. The number of halogens is 2. The van der Waals surface area contributed by atoms with E-state index in [0.717, 1.165) is 5.56 Å². The lowest BCUT2D eigenvalue weighted by molar-refractivity contribution is 0.395. The Morgan fingerprint density at radius 2 is 1.95 bits per heavy atom. The molecule has 2 atom stereocenters. The molecule has 1 aromatic carbocycles. The average Bonchev–Trinajstić information content (AvgIpc) is 2.39. The molecule has 0 saturated carbocycles. The van der Waals surface area contributed by atoms with Crippen molar-refractivity contribution in [2.75, 3.05) is 0 Å². The van der Waals surface area contributed by atoms with E-state index in [1.54, 1.807) is 6.07 Å². The first-order chi connectivity index (χ1) is 9.08. The van der Waals surface area contributed by atoms with Crippen LogP contribution in [0.15, 0.2) is 18.2 Å². The van der Waals surface area contributed by atoms with Gasteiger partial charge in [0, 0.05) is 12.1 Å². The standard InChI is InChI=1S/C16H25ClFN/c1-4-6-8-14(7-5-2)19-12(3)13-9-10-15(17)16(18)11-13/h9-12,14,19H,4-8H2,1-3H3. The molecule has 2 unspecified atom stereocenters. The number of benzene rings is 1. The number of nitrogens with one attached hydrogen (secondary N) is 1. The van der Waals surface area contributed by atoms with Gasteiger partial charge in [-0.1, -0.05) is 50.8 Å². The fourth-order valence-electron chi connectivity index (χ4n) is 2.34. The molecule has 0 fully saturated rings. The molecule has 1 nitrogen and oxygen atoms in total. The molecule has 1 rings (SSSR count). The van der Waals surface area contributed by atoms with Crippen molar-refractivity contribution in [3.8, 4) is 0 Å². The van der Waals surface area contributed by atoms with Gasteiger partial charge in [0.1, 0.15) is 5.82 Å². The highest BCUT2D eigenvalue weighted by Gasteiger charge is 2.13. The zero-order valence-electron chi connectivity index (χ0n) is 12.2. The first-order valence-corrected chi connectivity index (χ1v) is 7.67. The molecule has 0 radical (unpaired) electrons. The van der Waals surface area contributed by atoms with Crippen LogP contribution in [0.5, 0.6) is 0 Å². The average molecular weight is 286 g/mol. The van der Waals surface area contributed by atoms with Crippen LogP contribution in [-0.4, -0.2) is 6.04 Å². The molecule has 108 valence electrons. The van der Waals surface area contributed by atoms with Crippen molar-refractivity contribution in [1.29, 1.82) is 0 Å². The summed E-state index contributed by atoms with van der Waals surface area (Å²) in [6, 6.07) is 5.72. The molecule has 0 bridgehead atoms. The number of hydrogen-bond acceptors (Lipinski definition) is 1. The van der Waals surface area contributed by atoms with Crippen molar-refractivity contribution < 1.29 is 4.39 Å². The smallest absolute Gasteiger partial charge is 0.142 e. The third-order valence-corrected chi connectivity index (χ3v) is 3.78. The van der Waals surface area contributed by atoms with Crippen LogP contribution < -0.4 is 5.32 Å². The Morgan fingerprint density at radius 3 is 2.53 bits per heavy atom. The van der Waals surface area contributed by atoms with E-state index < -0.39 is 0 Å². The highest BCUT2D eigenvalue weighted by Crippen LogP contribution is 2.21. The zero-order chi connectivity index (χ0) is 14.3. The van der Waals surface area contributed by atoms with Gasteiger partial charge in [0.2, 0.25) is 0 Å². The predicted octanol–water partition coefficient (Wildman–Crippen LogP) is 5.49. The maximum absolute atomic E-state index is 13.5. The van der Waals surface area contributed by atoms with Gasteiger partial charge in [0.15, 0.2) is 0 Å². The summed E-state index contributed by atoms with van der Waals surface area (Å²) in [5, 5.41) is 3.79. The topological polar surface area (TPSA) is 12.0 Å². The van der Waals surface area contributed by atoms with Crippen LogP contribution in [0.25, 0.3) is 0 Å². The van der Waals surface area contributed by atoms with Crippen LogP contribution >= 0.6 is 11.6 Å². The Labute approximate surface area is 121 Å². The Kier molecular flexibility index (Phi) is 7.40. The predicted molar refractivity (Wildman–Crippen MR) is 81.2 cm³/mol. The lowest BCUT2D eigenvalue weighted by Crippen LogP contribution is -2.31. The summed E-state index contributed by atoms with van der Waals surface area (Å²) in [5.74, 6) is -0.339. The minimum atomic E-state index is -0.339. The van der Waals surface area contributed by atoms with Crippen LogP contribution in [0.1, 0.15) is 64.5 Å². The Hall–Kier alpha value is -0.600. The Morgan fingerprint density at radius 1 is 1.21 bits per heavy atom. The quantitative estimate of drug-likeness (QED) is 0.666. The van der Waals surface area contributed by atoms with E-state index in [2.05, 4.69) is 26.1 Å². The van der Waals surface area contributed by atoms with Gasteiger partial charge in [0.25, 0.3) is 0 Å². The second-order valence-electron chi connectivity index (χ2n) is 5.19. The molecule has 3 heteroatoms. The molecule has 0 aliphatic heterocycles. The third kappa shape index (κ3) is 5.50. The van der Waals surface area contributed by atoms with Crippen molar-refractivity contribution in [3.05, 3.63) is 34.6 Å². The Balaban J connectivity index is 2.63. The molecule has 0 spiro atoms. The van der Waals surface area contributed by atoms with Gasteiger partial charge in [0.05, 0.1) is 5.02 Å². The van der Waals surface area contributed by atoms with Crippen molar-refractivity contribution in [3.63, 3.8) is 0 Å². The molecule has 0 aliphatic rings. The summed E-state index contributed by atoms with van der Waals surface area (Å²) in [4.78, 5) is 0. The molecule has 0 aliphatic carbocycles. The van der Waals surface area contributed by atoms with E-state index in [9.17, 15) is 4.39 Å². The number of rotatable bonds is 8. The summed E-state index contributed by atoms with van der Waals surface area (Å²) < 4.78 is 13.5. The van der Waals surface area contributed by atoms with E-state index in [4.69, 9.17) is 11.6 Å². The van der Waals surface area contributed by atoms with E-state index in [-0.39, 0.29) is 16.9 Å². The molecule has 0 aromatic heterocycles. The molecular weight excluding hydrogens is 261 g/mol. The summed E-state index contributed by atoms with van der Waals surface area (Å²) >= 11 is 5.71. The van der Waals surface area contributed by atoms with Gasteiger partial charge in [-0.15, -0.1) is 0 Å². The minimum Gasteiger partial charge on any atom is -0.307 e. The van der Waals surface area contributed by atoms with Gasteiger partial charge in [-0.3, -0.25) is 0 Å². The van der Waals surface area contributed by atoms with Crippen LogP contribution in [0.4, 0.5) is 4.39 Å². The van der Waals surface area contributed by atoms with Crippen molar-refractivity contribution in [2.45, 2.75) is 65.0 Å². The fraction of sp³-hybridized carbons (Fsp3) is 0.625. The first kappa shape index (κ1) is 16.5. The second kappa shape index (κ2) is 8.55. The van der Waals surface area contributed by atoms with Crippen LogP contribution in [-0.2, 0) is 0 Å². The van der Waals surface area contributed by atoms with Gasteiger partial charge in [-0.25, -0.2) is 4.39 Å². The van der Waals surface area contributed by atoms with E-state index in [1.807, 2.05) is 6.07 Å². The Bertz CT molecular complexity index is 381. The summed E-state index contributed by atoms with van der Waals surface area (Å²) in [6.45, 7) is 6.49. The minimum absolute atomic E-state index is 0.153. The molecule has 0 saturated heterocycles. The maximum Gasteiger partial charge on any atom is 0.142 e. The van der Waals surface area contributed by atoms with Crippen LogP contribution in [0.3, 0.4) is 0 Å². The number of unbranched alkanes of at least 4 members (excludes halogenated alkanes) is 1. The third-order valence-electron chi connectivity index (χ3n) is 3.47. The summed E-state index contributed by atoms with van der Waals surface area (Å²) in [6.07, 6.45) is 5.97. The SMILES string of the molecule is CCCCC(CCC)NC(C)c1ccc(Cl)c(F)c1. The van der Waals surface area contributed by atoms with Gasteiger partial charge in [-0.2, -0.15) is 0 Å². The lowest BCUT2D eigenvalue weighted by atomic mass is 10.0. The monoisotopic (exact) mass is 285 g/mol. The lowest BCUT2D eigenvalue weighted by Gasteiger charge is -2.23. The maximum atomic E-state index is 13.5. The molecule has 0 amide bonds.